The first kappa shape index (κ1) is 13.8. The van der Waals surface area contributed by atoms with Crippen LogP contribution in [0.25, 0.3) is 0 Å². The zero-order valence-electron chi connectivity index (χ0n) is 12.1. The number of nitrogens with two attached hydrogens (primary N) is 1. The third-order valence-corrected chi connectivity index (χ3v) is 3.76. The zero-order chi connectivity index (χ0) is 13.8. The summed E-state index contributed by atoms with van der Waals surface area (Å²) in [4.78, 5) is 0. The SMILES string of the molecule is Cc1ccc(CC(N)CCc2ccnn2C)cc1C. The van der Waals surface area contributed by atoms with E-state index < -0.39 is 0 Å². The molecule has 0 bridgehead atoms. The number of aromatic nitrogens is 2. The Hall–Kier alpha value is -1.61. The van der Waals surface area contributed by atoms with E-state index in [1.54, 1.807) is 0 Å². The fraction of sp³-hybridized carbons (Fsp3) is 0.438. The summed E-state index contributed by atoms with van der Waals surface area (Å²) in [5.41, 5.74) is 11.5. The topological polar surface area (TPSA) is 43.8 Å². The largest absolute Gasteiger partial charge is 0.327 e. The molecule has 0 aliphatic heterocycles. The molecule has 2 N–H and O–H groups in total. The average Bonchev–Trinajstić information content (AvgIpc) is 2.77. The van der Waals surface area contributed by atoms with Crippen LogP contribution < -0.4 is 5.73 Å². The molecule has 102 valence electrons. The van der Waals surface area contributed by atoms with Crippen molar-refractivity contribution in [1.82, 2.24) is 9.78 Å². The van der Waals surface area contributed by atoms with E-state index in [0.29, 0.717) is 0 Å². The molecule has 0 radical (unpaired) electrons. The van der Waals surface area contributed by atoms with Crippen molar-refractivity contribution in [2.75, 3.05) is 0 Å². The first-order valence-corrected chi connectivity index (χ1v) is 6.85. The number of rotatable bonds is 5. The molecule has 0 saturated carbocycles. The standard InChI is InChI=1S/C16H23N3/c1-12-4-5-14(10-13(12)2)11-15(17)6-7-16-8-9-18-19(16)3/h4-5,8-10,15H,6-7,11,17H2,1-3H3. The molecule has 1 heterocycles. The molecule has 0 aliphatic carbocycles. The number of hydrogen-bond acceptors (Lipinski definition) is 2. The second kappa shape index (κ2) is 6.02. The van der Waals surface area contributed by atoms with Gasteiger partial charge in [-0.25, -0.2) is 0 Å². The summed E-state index contributed by atoms with van der Waals surface area (Å²) < 4.78 is 1.92. The minimum absolute atomic E-state index is 0.206. The van der Waals surface area contributed by atoms with Crippen LogP contribution in [0.15, 0.2) is 30.5 Å². The number of benzene rings is 1. The Bertz CT molecular complexity index is 543. The summed E-state index contributed by atoms with van der Waals surface area (Å²) in [5.74, 6) is 0. The first-order chi connectivity index (χ1) is 9.06. The predicted octanol–water partition coefficient (Wildman–Crippen LogP) is 2.54. The number of aryl methyl sites for hydroxylation is 4. The van der Waals surface area contributed by atoms with Gasteiger partial charge in [0, 0.05) is 25.0 Å². The normalized spacial score (nSPS) is 12.6. The van der Waals surface area contributed by atoms with Crippen LogP contribution in [-0.4, -0.2) is 15.8 Å². The fourth-order valence-electron chi connectivity index (χ4n) is 2.32. The smallest absolute Gasteiger partial charge is 0.0492 e. The average molecular weight is 257 g/mol. The summed E-state index contributed by atoms with van der Waals surface area (Å²) in [6, 6.07) is 8.88. The molecule has 0 spiro atoms. The van der Waals surface area contributed by atoms with Crippen LogP contribution in [0.4, 0.5) is 0 Å². The van der Waals surface area contributed by atoms with Crippen molar-refractivity contribution in [3.05, 3.63) is 52.8 Å². The lowest BCUT2D eigenvalue weighted by Gasteiger charge is -2.13. The van der Waals surface area contributed by atoms with Crippen LogP contribution in [0.5, 0.6) is 0 Å². The van der Waals surface area contributed by atoms with Crippen molar-refractivity contribution >= 4 is 0 Å². The van der Waals surface area contributed by atoms with Crippen molar-refractivity contribution in [1.29, 1.82) is 0 Å². The maximum atomic E-state index is 6.23. The molecule has 2 aromatic rings. The molecule has 19 heavy (non-hydrogen) atoms. The van der Waals surface area contributed by atoms with Gasteiger partial charge in [-0.15, -0.1) is 0 Å². The zero-order valence-corrected chi connectivity index (χ0v) is 12.1. The van der Waals surface area contributed by atoms with E-state index >= 15 is 0 Å². The van der Waals surface area contributed by atoms with Crippen molar-refractivity contribution in [3.63, 3.8) is 0 Å². The Morgan fingerprint density at radius 3 is 2.63 bits per heavy atom. The van der Waals surface area contributed by atoms with Crippen molar-refractivity contribution in [2.45, 2.75) is 39.2 Å². The molecule has 0 aliphatic rings. The number of hydrogen-bond donors (Lipinski definition) is 1. The lowest BCUT2D eigenvalue weighted by molar-refractivity contribution is 0.586. The summed E-state index contributed by atoms with van der Waals surface area (Å²) in [6.07, 6.45) is 4.76. The summed E-state index contributed by atoms with van der Waals surface area (Å²) in [6.45, 7) is 4.29. The number of nitrogens with zero attached hydrogens (tertiary/aromatic N) is 2. The van der Waals surface area contributed by atoms with Crippen LogP contribution in [0, 0.1) is 13.8 Å². The van der Waals surface area contributed by atoms with Gasteiger partial charge in [0.15, 0.2) is 0 Å². The molecule has 0 amide bonds. The molecule has 1 aromatic carbocycles. The van der Waals surface area contributed by atoms with Gasteiger partial charge < -0.3 is 5.73 Å². The highest BCUT2D eigenvalue weighted by atomic mass is 15.2. The van der Waals surface area contributed by atoms with Gasteiger partial charge in [0.2, 0.25) is 0 Å². The summed E-state index contributed by atoms with van der Waals surface area (Å²) in [7, 11) is 1.98. The van der Waals surface area contributed by atoms with Crippen molar-refractivity contribution in [3.8, 4) is 0 Å². The van der Waals surface area contributed by atoms with Gasteiger partial charge in [-0.1, -0.05) is 18.2 Å². The maximum absolute atomic E-state index is 6.23. The third kappa shape index (κ3) is 3.67. The Morgan fingerprint density at radius 1 is 1.21 bits per heavy atom. The Kier molecular flexibility index (Phi) is 4.38. The highest BCUT2D eigenvalue weighted by Crippen LogP contribution is 2.13. The lowest BCUT2D eigenvalue weighted by atomic mass is 9.98. The quantitative estimate of drug-likeness (QED) is 0.894. The van der Waals surface area contributed by atoms with Gasteiger partial charge in [0.05, 0.1) is 0 Å². The molecule has 3 heteroatoms. The molecule has 1 aromatic heterocycles. The van der Waals surface area contributed by atoms with Crippen LogP contribution in [0.1, 0.15) is 28.8 Å². The molecular formula is C16H23N3. The fourth-order valence-corrected chi connectivity index (χ4v) is 2.32. The van der Waals surface area contributed by atoms with Gasteiger partial charge >= 0.3 is 0 Å². The van der Waals surface area contributed by atoms with E-state index in [0.717, 1.165) is 19.3 Å². The first-order valence-electron chi connectivity index (χ1n) is 6.85. The molecule has 0 saturated heterocycles. The highest BCUT2D eigenvalue weighted by Gasteiger charge is 2.07. The molecule has 1 atom stereocenters. The van der Waals surface area contributed by atoms with Crippen LogP contribution in [-0.2, 0) is 19.9 Å². The minimum Gasteiger partial charge on any atom is -0.327 e. The Morgan fingerprint density at radius 2 is 2.00 bits per heavy atom. The second-order valence-corrected chi connectivity index (χ2v) is 5.37. The van der Waals surface area contributed by atoms with Gasteiger partial charge in [-0.2, -0.15) is 5.10 Å². The van der Waals surface area contributed by atoms with Crippen LogP contribution in [0.3, 0.4) is 0 Å². The minimum atomic E-state index is 0.206. The van der Waals surface area contributed by atoms with E-state index in [9.17, 15) is 0 Å². The van der Waals surface area contributed by atoms with E-state index in [1.165, 1.54) is 22.4 Å². The maximum Gasteiger partial charge on any atom is 0.0492 e. The highest BCUT2D eigenvalue weighted by molar-refractivity contribution is 5.30. The molecular weight excluding hydrogens is 234 g/mol. The monoisotopic (exact) mass is 257 g/mol. The van der Waals surface area contributed by atoms with Gasteiger partial charge in [0.1, 0.15) is 0 Å². The van der Waals surface area contributed by atoms with Gasteiger partial charge in [-0.05, 0) is 55.9 Å². The summed E-state index contributed by atoms with van der Waals surface area (Å²) in [5, 5.41) is 4.18. The molecule has 1 unspecified atom stereocenters. The predicted molar refractivity (Wildman–Crippen MR) is 79.1 cm³/mol. The summed E-state index contributed by atoms with van der Waals surface area (Å²) >= 11 is 0. The van der Waals surface area contributed by atoms with Crippen LogP contribution in [0.2, 0.25) is 0 Å². The van der Waals surface area contributed by atoms with E-state index in [4.69, 9.17) is 5.73 Å². The van der Waals surface area contributed by atoms with Gasteiger partial charge in [-0.3, -0.25) is 4.68 Å². The van der Waals surface area contributed by atoms with Crippen molar-refractivity contribution < 1.29 is 0 Å². The van der Waals surface area contributed by atoms with E-state index in [-0.39, 0.29) is 6.04 Å². The molecule has 2 rings (SSSR count). The molecule has 3 nitrogen and oxygen atoms in total. The van der Waals surface area contributed by atoms with Crippen molar-refractivity contribution in [2.24, 2.45) is 12.8 Å². The Labute approximate surface area is 115 Å². The second-order valence-electron chi connectivity index (χ2n) is 5.37. The third-order valence-electron chi connectivity index (χ3n) is 3.76. The van der Waals surface area contributed by atoms with E-state index in [2.05, 4.69) is 43.2 Å². The molecule has 0 fully saturated rings. The van der Waals surface area contributed by atoms with E-state index in [1.807, 2.05) is 17.9 Å². The Balaban J connectivity index is 1.88. The van der Waals surface area contributed by atoms with Crippen LogP contribution >= 0.6 is 0 Å². The lowest BCUT2D eigenvalue weighted by Crippen LogP contribution is -2.24. The van der Waals surface area contributed by atoms with Gasteiger partial charge in [0.25, 0.3) is 0 Å².